The van der Waals surface area contributed by atoms with Crippen molar-refractivity contribution in [2.24, 2.45) is 5.84 Å². The molecular formula is C19H28N6O2. The Hall–Kier alpha value is -2.32. The molecule has 4 heterocycles. The molecule has 0 spiro atoms. The van der Waals surface area contributed by atoms with Crippen molar-refractivity contribution >= 4 is 0 Å². The summed E-state index contributed by atoms with van der Waals surface area (Å²) in [6.07, 6.45) is 10.7. The third-order valence-corrected chi connectivity index (χ3v) is 4.61. The molecular weight excluding hydrogens is 344 g/mol. The highest BCUT2D eigenvalue weighted by Gasteiger charge is 2.37. The Labute approximate surface area is 159 Å². The smallest absolute Gasteiger partial charge is 0.230 e. The zero-order valence-corrected chi connectivity index (χ0v) is 16.4. The zero-order chi connectivity index (χ0) is 19.4. The van der Waals surface area contributed by atoms with Gasteiger partial charge in [-0.15, -0.1) is 0 Å². The number of nitrogens with zero attached hydrogens (tertiary/aromatic N) is 5. The van der Waals surface area contributed by atoms with E-state index in [1.807, 2.05) is 7.05 Å². The minimum Gasteiger partial charge on any atom is -0.368 e. The average Bonchev–Trinajstić information content (AvgIpc) is 3.24. The summed E-state index contributed by atoms with van der Waals surface area (Å²) < 4.78 is 11.4. The Morgan fingerprint density at radius 2 is 1.81 bits per heavy atom. The first-order chi connectivity index (χ1) is 12.8. The Kier molecular flexibility index (Phi) is 5.86. The molecule has 27 heavy (non-hydrogen) atoms. The van der Waals surface area contributed by atoms with E-state index in [9.17, 15) is 0 Å². The minimum absolute atomic E-state index is 0.0989. The molecule has 0 radical (unpaired) electrons. The van der Waals surface area contributed by atoms with E-state index in [0.29, 0.717) is 18.4 Å². The van der Waals surface area contributed by atoms with Crippen molar-refractivity contribution in [3.05, 3.63) is 47.8 Å². The maximum atomic E-state index is 6.00. The Bertz CT molecular complexity index is 739. The number of likely N-dealkylation sites (N-methyl/N-ethyl adjacent to an activating group) is 1. The van der Waals surface area contributed by atoms with E-state index in [2.05, 4.69) is 40.9 Å². The molecule has 8 heteroatoms. The van der Waals surface area contributed by atoms with Crippen LogP contribution in [0, 0.1) is 0 Å². The van der Waals surface area contributed by atoms with E-state index in [0.717, 1.165) is 30.8 Å². The van der Waals surface area contributed by atoms with Crippen LogP contribution >= 0.6 is 0 Å². The number of ether oxygens (including phenoxy) is 1. The molecule has 2 aromatic rings. The van der Waals surface area contributed by atoms with Crippen LogP contribution in [0.4, 0.5) is 0 Å². The highest BCUT2D eigenvalue weighted by molar-refractivity contribution is 5.25. The zero-order valence-electron chi connectivity index (χ0n) is 16.4. The maximum absolute atomic E-state index is 6.00. The summed E-state index contributed by atoms with van der Waals surface area (Å²) in [5.74, 6) is 7.41. The quantitative estimate of drug-likeness (QED) is 0.647. The van der Waals surface area contributed by atoms with Crippen LogP contribution in [0.3, 0.4) is 0 Å². The number of nitrogens with two attached hydrogens (primary N) is 1. The normalized spacial score (nSPS) is 21.7. The molecule has 2 unspecified atom stereocenters. The second-order valence-electron chi connectivity index (χ2n) is 7.96. The number of hydrogen-bond acceptors (Lipinski definition) is 8. The van der Waals surface area contributed by atoms with Crippen molar-refractivity contribution in [3.63, 3.8) is 0 Å². The molecule has 0 amide bonds. The fourth-order valence-corrected chi connectivity index (χ4v) is 3.37. The highest BCUT2D eigenvalue weighted by Crippen LogP contribution is 2.38. The number of hydrogen-bond donors (Lipinski definition) is 1. The molecule has 146 valence electrons. The second kappa shape index (κ2) is 8.14. The van der Waals surface area contributed by atoms with Crippen LogP contribution < -0.4 is 5.84 Å². The van der Waals surface area contributed by atoms with E-state index in [1.165, 1.54) is 5.57 Å². The summed E-state index contributed by atoms with van der Waals surface area (Å²) in [5.41, 5.74) is 2.25. The molecule has 0 aromatic carbocycles. The molecule has 1 fully saturated rings. The van der Waals surface area contributed by atoms with Crippen LogP contribution in [0.2, 0.25) is 0 Å². The van der Waals surface area contributed by atoms with Crippen molar-refractivity contribution in [2.45, 2.75) is 64.1 Å². The summed E-state index contributed by atoms with van der Waals surface area (Å²) >= 11 is 0. The van der Waals surface area contributed by atoms with Gasteiger partial charge in [0.2, 0.25) is 5.89 Å². The number of aromatic nitrogens is 4. The highest BCUT2D eigenvalue weighted by atomic mass is 16.5. The predicted molar refractivity (Wildman–Crippen MR) is 100 cm³/mol. The average molecular weight is 372 g/mol. The summed E-state index contributed by atoms with van der Waals surface area (Å²) in [5, 5.41) is 5.77. The standard InChI is InChI=1S/C15H24N4O2.C4H4N2/c1-15(2,3)14-17-12(21-18-14)8-9-7-10-5-6-11(20-10)13(9)19(4)16;1-2-6-4-3-5-1/h10-11H,5-8,16H2,1-4H3;1-4H. The van der Waals surface area contributed by atoms with Gasteiger partial charge in [0.1, 0.15) is 0 Å². The van der Waals surface area contributed by atoms with Crippen LogP contribution in [0.1, 0.15) is 51.7 Å². The van der Waals surface area contributed by atoms with Gasteiger partial charge in [-0.1, -0.05) is 25.9 Å². The van der Waals surface area contributed by atoms with Gasteiger partial charge in [-0.3, -0.25) is 9.97 Å². The SMILES string of the molecule is CN(N)C1=C(Cc2nc(C(C)(C)C)no2)CC2CCC1O2.c1cnccn1. The van der Waals surface area contributed by atoms with Crippen LogP contribution in [0.5, 0.6) is 0 Å². The minimum atomic E-state index is -0.0989. The van der Waals surface area contributed by atoms with Crippen molar-refractivity contribution in [1.82, 2.24) is 25.1 Å². The Morgan fingerprint density at radius 3 is 2.33 bits per heavy atom. The molecule has 8 nitrogen and oxygen atoms in total. The van der Waals surface area contributed by atoms with Crippen LogP contribution in [0.15, 0.2) is 40.6 Å². The summed E-state index contributed by atoms with van der Waals surface area (Å²) in [6.45, 7) is 6.23. The third-order valence-electron chi connectivity index (χ3n) is 4.61. The lowest BCUT2D eigenvalue weighted by Gasteiger charge is -2.30. The van der Waals surface area contributed by atoms with Gasteiger partial charge in [0.15, 0.2) is 5.82 Å². The molecule has 2 bridgehead atoms. The topological polar surface area (TPSA) is 103 Å². The van der Waals surface area contributed by atoms with Crippen molar-refractivity contribution in [3.8, 4) is 0 Å². The molecule has 2 N–H and O–H groups in total. The molecule has 4 rings (SSSR count). The monoisotopic (exact) mass is 372 g/mol. The first kappa shape index (κ1) is 19.4. The van der Waals surface area contributed by atoms with E-state index in [4.69, 9.17) is 15.1 Å². The van der Waals surface area contributed by atoms with Crippen LogP contribution in [-0.2, 0) is 16.6 Å². The van der Waals surface area contributed by atoms with Gasteiger partial charge in [0, 0.05) is 37.3 Å². The molecule has 2 atom stereocenters. The maximum Gasteiger partial charge on any atom is 0.230 e. The Balaban J connectivity index is 0.000000299. The van der Waals surface area contributed by atoms with E-state index in [1.54, 1.807) is 29.8 Å². The summed E-state index contributed by atoms with van der Waals surface area (Å²) in [6, 6.07) is 0. The molecule has 0 aliphatic carbocycles. The first-order valence-electron chi connectivity index (χ1n) is 9.23. The molecule has 2 aliphatic rings. The van der Waals surface area contributed by atoms with Crippen LogP contribution in [-0.4, -0.2) is 44.4 Å². The lowest BCUT2D eigenvalue weighted by molar-refractivity contribution is 0.0350. The number of hydrazine groups is 1. The van der Waals surface area contributed by atoms with Gasteiger partial charge in [-0.2, -0.15) is 4.98 Å². The number of rotatable bonds is 3. The fraction of sp³-hybridized carbons (Fsp3) is 0.579. The molecule has 1 saturated heterocycles. The van der Waals surface area contributed by atoms with Gasteiger partial charge in [-0.25, -0.2) is 5.84 Å². The Morgan fingerprint density at radius 1 is 1.15 bits per heavy atom. The van der Waals surface area contributed by atoms with Crippen molar-refractivity contribution < 1.29 is 9.26 Å². The summed E-state index contributed by atoms with van der Waals surface area (Å²) in [7, 11) is 1.87. The number of fused-ring (bicyclic) bond motifs is 2. The lowest BCUT2D eigenvalue weighted by atomic mass is 9.96. The van der Waals surface area contributed by atoms with Gasteiger partial charge < -0.3 is 14.3 Å². The predicted octanol–water partition coefficient (Wildman–Crippen LogP) is 2.40. The molecule has 2 aliphatic heterocycles. The third kappa shape index (κ3) is 4.90. The van der Waals surface area contributed by atoms with Crippen LogP contribution in [0.25, 0.3) is 0 Å². The van der Waals surface area contributed by atoms with Gasteiger partial charge in [0.05, 0.1) is 24.3 Å². The molecule has 0 saturated carbocycles. The second-order valence-corrected chi connectivity index (χ2v) is 7.96. The lowest BCUT2D eigenvalue weighted by Crippen LogP contribution is -2.36. The first-order valence-corrected chi connectivity index (χ1v) is 9.23. The summed E-state index contributed by atoms with van der Waals surface area (Å²) in [4.78, 5) is 12.0. The van der Waals surface area contributed by atoms with E-state index >= 15 is 0 Å². The van der Waals surface area contributed by atoms with Gasteiger partial charge in [-0.05, 0) is 24.8 Å². The van der Waals surface area contributed by atoms with Gasteiger partial charge >= 0.3 is 0 Å². The van der Waals surface area contributed by atoms with Crippen molar-refractivity contribution in [1.29, 1.82) is 0 Å². The largest absolute Gasteiger partial charge is 0.368 e. The molecule has 2 aromatic heterocycles. The van der Waals surface area contributed by atoms with Crippen molar-refractivity contribution in [2.75, 3.05) is 7.05 Å². The fourth-order valence-electron chi connectivity index (χ4n) is 3.37. The van der Waals surface area contributed by atoms with Gasteiger partial charge in [0.25, 0.3) is 0 Å². The van der Waals surface area contributed by atoms with E-state index in [-0.39, 0.29) is 11.5 Å². The van der Waals surface area contributed by atoms with E-state index < -0.39 is 0 Å².